The van der Waals surface area contributed by atoms with Gasteiger partial charge in [-0.2, -0.15) is 0 Å². The molecular formula is C22H21N3O3S. The SMILES string of the molecule is COc1ccc(NC(=O)c2sc3nc4cc(C)c(C)cc4cc3c2N)c(OC)c1. The van der Waals surface area contributed by atoms with E-state index >= 15 is 0 Å². The number of hydrogen-bond donors (Lipinski definition) is 2. The van der Waals surface area contributed by atoms with Gasteiger partial charge in [-0.15, -0.1) is 11.3 Å². The van der Waals surface area contributed by atoms with Crippen LogP contribution in [0.5, 0.6) is 11.5 Å². The molecule has 0 radical (unpaired) electrons. The zero-order chi connectivity index (χ0) is 20.7. The quantitative estimate of drug-likeness (QED) is 0.501. The van der Waals surface area contributed by atoms with Crippen LogP contribution in [0.25, 0.3) is 21.1 Å². The number of hydrogen-bond acceptors (Lipinski definition) is 6. The number of carbonyl (C=O) groups is 1. The van der Waals surface area contributed by atoms with Crippen LogP contribution in [0, 0.1) is 13.8 Å². The van der Waals surface area contributed by atoms with Crippen LogP contribution in [0.1, 0.15) is 20.8 Å². The summed E-state index contributed by atoms with van der Waals surface area (Å²) in [5.74, 6) is 0.847. The maximum absolute atomic E-state index is 12.9. The molecule has 0 aliphatic heterocycles. The molecule has 0 aliphatic carbocycles. The lowest BCUT2D eigenvalue weighted by Crippen LogP contribution is -2.12. The van der Waals surface area contributed by atoms with Crippen molar-refractivity contribution in [2.24, 2.45) is 0 Å². The summed E-state index contributed by atoms with van der Waals surface area (Å²) >= 11 is 1.28. The summed E-state index contributed by atoms with van der Waals surface area (Å²) in [4.78, 5) is 18.8. The van der Waals surface area contributed by atoms with Crippen LogP contribution in [0.15, 0.2) is 36.4 Å². The predicted molar refractivity (Wildman–Crippen MR) is 119 cm³/mol. The van der Waals surface area contributed by atoms with Gasteiger partial charge in [0.15, 0.2) is 0 Å². The molecule has 148 valence electrons. The molecule has 4 aromatic rings. The smallest absolute Gasteiger partial charge is 0.268 e. The summed E-state index contributed by atoms with van der Waals surface area (Å²) in [5.41, 5.74) is 10.6. The number of fused-ring (bicyclic) bond motifs is 2. The van der Waals surface area contributed by atoms with Gasteiger partial charge in [0.05, 0.1) is 31.1 Å². The Kier molecular flexibility index (Phi) is 4.76. The van der Waals surface area contributed by atoms with Crippen LogP contribution < -0.4 is 20.5 Å². The summed E-state index contributed by atoms with van der Waals surface area (Å²) in [7, 11) is 3.11. The maximum atomic E-state index is 12.9. The monoisotopic (exact) mass is 407 g/mol. The van der Waals surface area contributed by atoms with E-state index in [0.717, 1.165) is 21.1 Å². The van der Waals surface area contributed by atoms with E-state index in [1.807, 2.05) is 6.07 Å². The van der Waals surface area contributed by atoms with Crippen LogP contribution >= 0.6 is 11.3 Å². The lowest BCUT2D eigenvalue weighted by atomic mass is 10.1. The number of ether oxygens (including phenoxy) is 2. The average Bonchev–Trinajstić information content (AvgIpc) is 3.03. The van der Waals surface area contributed by atoms with Crippen molar-refractivity contribution in [1.29, 1.82) is 0 Å². The number of nitrogen functional groups attached to an aromatic ring is 1. The van der Waals surface area contributed by atoms with Crippen molar-refractivity contribution in [2.45, 2.75) is 13.8 Å². The molecular weight excluding hydrogens is 386 g/mol. The van der Waals surface area contributed by atoms with Crippen molar-refractivity contribution in [2.75, 3.05) is 25.3 Å². The number of carbonyl (C=O) groups excluding carboxylic acids is 1. The first-order valence-corrected chi connectivity index (χ1v) is 9.86. The average molecular weight is 407 g/mol. The molecule has 0 saturated carbocycles. The molecule has 29 heavy (non-hydrogen) atoms. The zero-order valence-electron chi connectivity index (χ0n) is 16.6. The second-order valence-electron chi connectivity index (χ2n) is 6.84. The number of amides is 1. The Bertz CT molecular complexity index is 1260. The maximum Gasteiger partial charge on any atom is 0.268 e. The lowest BCUT2D eigenvalue weighted by Gasteiger charge is -2.11. The third-order valence-electron chi connectivity index (χ3n) is 4.99. The number of aromatic nitrogens is 1. The minimum absolute atomic E-state index is 0.301. The van der Waals surface area contributed by atoms with Crippen molar-refractivity contribution >= 4 is 49.7 Å². The van der Waals surface area contributed by atoms with E-state index in [-0.39, 0.29) is 5.91 Å². The molecule has 2 heterocycles. The van der Waals surface area contributed by atoms with Gasteiger partial charge >= 0.3 is 0 Å². The third-order valence-corrected chi connectivity index (χ3v) is 6.11. The number of aryl methyl sites for hydroxylation is 2. The van der Waals surface area contributed by atoms with Crippen LogP contribution in [-0.2, 0) is 0 Å². The molecule has 0 unspecified atom stereocenters. The molecule has 7 heteroatoms. The van der Waals surface area contributed by atoms with Crippen LogP contribution in [-0.4, -0.2) is 25.1 Å². The Labute approximate surface area is 172 Å². The van der Waals surface area contributed by atoms with Crippen molar-refractivity contribution in [3.63, 3.8) is 0 Å². The molecule has 0 bridgehead atoms. The molecule has 2 aromatic carbocycles. The summed E-state index contributed by atoms with van der Waals surface area (Å²) < 4.78 is 10.5. The standard InChI is InChI=1S/C22H21N3O3S/c1-11-7-13-9-15-19(23)20(29-22(15)25-17(13)8-12(11)2)21(26)24-16-6-5-14(27-3)10-18(16)28-4/h5-10H,23H2,1-4H3,(H,24,26). The second kappa shape index (κ2) is 7.25. The normalized spacial score (nSPS) is 11.0. The van der Waals surface area contributed by atoms with Gasteiger partial charge in [0.1, 0.15) is 21.2 Å². The molecule has 0 saturated heterocycles. The van der Waals surface area contributed by atoms with E-state index in [2.05, 4.69) is 31.3 Å². The van der Waals surface area contributed by atoms with Crippen LogP contribution in [0.3, 0.4) is 0 Å². The first-order chi connectivity index (χ1) is 13.9. The van der Waals surface area contributed by atoms with Gasteiger partial charge in [0.2, 0.25) is 0 Å². The van der Waals surface area contributed by atoms with Crippen LogP contribution in [0.2, 0.25) is 0 Å². The fourth-order valence-electron chi connectivity index (χ4n) is 3.22. The van der Waals surface area contributed by atoms with Gasteiger partial charge in [0, 0.05) is 16.8 Å². The fourth-order valence-corrected chi connectivity index (χ4v) is 4.20. The topological polar surface area (TPSA) is 86.5 Å². The predicted octanol–water partition coefficient (Wildman–Crippen LogP) is 4.92. The number of benzene rings is 2. The number of thiophene rings is 1. The molecule has 3 N–H and O–H groups in total. The van der Waals surface area contributed by atoms with Gasteiger partial charge in [-0.05, 0) is 55.3 Å². The van der Waals surface area contributed by atoms with Gasteiger partial charge in [-0.3, -0.25) is 4.79 Å². The number of rotatable bonds is 4. The minimum atomic E-state index is -0.301. The Morgan fingerprint density at radius 3 is 2.55 bits per heavy atom. The van der Waals surface area contributed by atoms with Crippen molar-refractivity contribution in [3.05, 3.63) is 52.4 Å². The van der Waals surface area contributed by atoms with Crippen molar-refractivity contribution in [3.8, 4) is 11.5 Å². The van der Waals surface area contributed by atoms with Crippen molar-refractivity contribution in [1.82, 2.24) is 4.98 Å². The summed E-state index contributed by atoms with van der Waals surface area (Å²) in [5, 5.41) is 4.67. The van der Waals surface area contributed by atoms with Gasteiger partial charge in [-0.1, -0.05) is 0 Å². The zero-order valence-corrected chi connectivity index (χ0v) is 17.4. The molecule has 0 aliphatic rings. The van der Waals surface area contributed by atoms with E-state index < -0.39 is 0 Å². The van der Waals surface area contributed by atoms with E-state index in [1.54, 1.807) is 25.3 Å². The van der Waals surface area contributed by atoms with E-state index in [1.165, 1.54) is 29.6 Å². The first-order valence-electron chi connectivity index (χ1n) is 9.04. The van der Waals surface area contributed by atoms with Crippen molar-refractivity contribution < 1.29 is 14.3 Å². The number of pyridine rings is 1. The first kappa shape index (κ1) is 19.0. The Balaban J connectivity index is 1.74. The summed E-state index contributed by atoms with van der Waals surface area (Å²) in [6, 6.07) is 11.4. The van der Waals surface area contributed by atoms with E-state index in [4.69, 9.17) is 20.2 Å². The Morgan fingerprint density at radius 1 is 1.07 bits per heavy atom. The molecule has 2 aromatic heterocycles. The fraction of sp³-hybridized carbons (Fsp3) is 0.182. The summed E-state index contributed by atoms with van der Waals surface area (Å²) in [6.45, 7) is 4.13. The number of nitrogens with two attached hydrogens (primary N) is 1. The van der Waals surface area contributed by atoms with Gasteiger partial charge in [0.25, 0.3) is 5.91 Å². The van der Waals surface area contributed by atoms with Crippen LogP contribution in [0.4, 0.5) is 11.4 Å². The highest BCUT2D eigenvalue weighted by Crippen LogP contribution is 2.36. The van der Waals surface area contributed by atoms with Gasteiger partial charge in [-0.25, -0.2) is 4.98 Å². The molecule has 6 nitrogen and oxygen atoms in total. The molecule has 0 spiro atoms. The van der Waals surface area contributed by atoms with Gasteiger partial charge < -0.3 is 20.5 Å². The largest absolute Gasteiger partial charge is 0.497 e. The Morgan fingerprint density at radius 2 is 1.83 bits per heavy atom. The molecule has 4 rings (SSSR count). The Hall–Kier alpha value is -3.32. The third kappa shape index (κ3) is 3.34. The highest BCUT2D eigenvalue weighted by atomic mass is 32.1. The minimum Gasteiger partial charge on any atom is -0.497 e. The number of methoxy groups -OCH3 is 2. The van der Waals surface area contributed by atoms with E-state index in [9.17, 15) is 4.79 Å². The number of anilines is 2. The highest BCUT2D eigenvalue weighted by molar-refractivity contribution is 7.21. The molecule has 0 atom stereocenters. The molecule has 1 amide bonds. The van der Waals surface area contributed by atoms with E-state index in [0.29, 0.717) is 27.8 Å². The highest BCUT2D eigenvalue weighted by Gasteiger charge is 2.19. The molecule has 0 fully saturated rings. The lowest BCUT2D eigenvalue weighted by molar-refractivity contribution is 0.103. The second-order valence-corrected chi connectivity index (χ2v) is 7.83. The number of nitrogens with one attached hydrogen (secondary N) is 1. The number of nitrogens with zero attached hydrogens (tertiary/aromatic N) is 1. The summed E-state index contributed by atoms with van der Waals surface area (Å²) in [6.07, 6.45) is 0.